The number of nitrogens with zero attached hydrogens (tertiary/aromatic N) is 3. The largest absolute Gasteiger partial charge is 5.00 e. The zero-order chi connectivity index (χ0) is 20.2. The van der Waals surface area contributed by atoms with Crippen LogP contribution in [0.5, 0.6) is 0 Å². The van der Waals surface area contributed by atoms with Crippen LogP contribution in [0, 0.1) is 0 Å². The smallest absolute Gasteiger partial charge is 1.00 e. The number of aromatic nitrogens is 3. The Kier molecular flexibility index (Phi) is 32.7. The third-order valence-electron chi connectivity index (χ3n) is 2.81. The quantitative estimate of drug-likeness (QED) is 0.269. The van der Waals surface area contributed by atoms with Crippen LogP contribution in [0.3, 0.4) is 0 Å². The minimum Gasteiger partial charge on any atom is -1.00 e. The summed E-state index contributed by atoms with van der Waals surface area (Å²) in [6, 6.07) is 17.1. The summed E-state index contributed by atoms with van der Waals surface area (Å²) in [6.45, 7) is 3.52. The first-order valence-electron chi connectivity index (χ1n) is 8.62. The molecule has 7 nitrogen and oxygen atoms in total. The Labute approximate surface area is 202 Å². The van der Waals surface area contributed by atoms with Gasteiger partial charge in [0.15, 0.2) is 0 Å². The van der Waals surface area contributed by atoms with E-state index >= 15 is 0 Å². The van der Waals surface area contributed by atoms with E-state index in [1.807, 2.05) is 54.6 Å². The number of rotatable bonds is 3. The third kappa shape index (κ3) is 21.1. The molecule has 165 valence electrons. The number of nitrogens with two attached hydrogens (primary N) is 3. The van der Waals surface area contributed by atoms with E-state index in [2.05, 4.69) is 15.0 Å². The Morgan fingerprint density at radius 1 is 0.633 bits per heavy atom. The molecular formula is C20H30Cl2FeN6O+3. The zero-order valence-electron chi connectivity index (χ0n) is 16.9. The van der Waals surface area contributed by atoms with E-state index < -0.39 is 0 Å². The van der Waals surface area contributed by atoms with Gasteiger partial charge in [0.2, 0.25) is 0 Å². The van der Waals surface area contributed by atoms with Crippen LogP contribution in [0.25, 0.3) is 0 Å². The fraction of sp³-hybridized carbons (Fsp3) is 0.250. The van der Waals surface area contributed by atoms with E-state index in [-0.39, 0.29) is 48.5 Å². The van der Waals surface area contributed by atoms with Crippen LogP contribution in [0.15, 0.2) is 73.2 Å². The Balaban J connectivity index is -0.000000151. The molecule has 0 aliphatic carbocycles. The minimum atomic E-state index is 0. The predicted molar refractivity (Wildman–Crippen MR) is 109 cm³/mol. The van der Waals surface area contributed by atoms with Crippen LogP contribution < -0.4 is 42.0 Å². The van der Waals surface area contributed by atoms with Crippen LogP contribution in [0.1, 0.15) is 24.0 Å². The molecule has 30 heavy (non-hydrogen) atoms. The summed E-state index contributed by atoms with van der Waals surface area (Å²) in [5.41, 5.74) is 18.7. The van der Waals surface area contributed by atoms with Gasteiger partial charge in [0.05, 0.1) is 17.1 Å². The van der Waals surface area contributed by atoms with Gasteiger partial charge >= 0.3 is 17.1 Å². The first-order chi connectivity index (χ1) is 13.2. The molecule has 3 aromatic heterocycles. The average molecular weight is 497 g/mol. The van der Waals surface area contributed by atoms with Crippen molar-refractivity contribution in [3.05, 3.63) is 90.3 Å². The van der Waals surface area contributed by atoms with E-state index in [1.165, 1.54) is 0 Å². The third-order valence-corrected chi connectivity index (χ3v) is 2.81. The fourth-order valence-corrected chi connectivity index (χ4v) is 1.56. The van der Waals surface area contributed by atoms with Crippen molar-refractivity contribution in [2.75, 3.05) is 6.61 Å². The van der Waals surface area contributed by atoms with Crippen LogP contribution in [0.4, 0.5) is 0 Å². The first kappa shape index (κ1) is 35.8. The predicted octanol–water partition coefficient (Wildman–Crippen LogP) is -4.37. The summed E-state index contributed by atoms with van der Waals surface area (Å²) in [6.07, 6.45) is 5.21. The number of hydrogen-bond donors (Lipinski definition) is 4. The van der Waals surface area contributed by atoms with Crippen LogP contribution in [-0.4, -0.2) is 26.7 Å². The molecule has 0 aliphatic heterocycles. The molecule has 0 unspecified atom stereocenters. The van der Waals surface area contributed by atoms with Gasteiger partial charge in [-0.2, -0.15) is 0 Å². The topological polar surface area (TPSA) is 137 Å². The van der Waals surface area contributed by atoms with Crippen molar-refractivity contribution < 1.29 is 47.0 Å². The Morgan fingerprint density at radius 3 is 0.967 bits per heavy atom. The van der Waals surface area contributed by atoms with Crippen molar-refractivity contribution in [1.29, 1.82) is 0 Å². The van der Waals surface area contributed by atoms with E-state index in [0.717, 1.165) is 17.1 Å². The molecule has 0 amide bonds. The maximum absolute atomic E-state index is 7.57. The molecule has 3 rings (SSSR count). The maximum atomic E-state index is 7.57. The van der Waals surface area contributed by atoms with Crippen LogP contribution >= 0.6 is 0 Å². The normalized spacial score (nSPS) is 7.90. The maximum Gasteiger partial charge on any atom is 5.00 e. The second kappa shape index (κ2) is 27.4. The number of halogens is 2. The molecule has 0 saturated heterocycles. The average Bonchev–Trinajstić information content (AvgIpc) is 2.77. The van der Waals surface area contributed by atoms with Crippen molar-refractivity contribution in [1.82, 2.24) is 15.0 Å². The standard InChI is InChI=1S/3C6H8N2.C2H6O.2ClH.Fe/c3*7-5-6-3-1-2-4-8-6;1-2-3;;;/h3*1-4H,5,7H2;3H,2H2,1H3;2*1H;/q;;;;;;+5/p-2. The monoisotopic (exact) mass is 496 g/mol. The van der Waals surface area contributed by atoms with Crippen molar-refractivity contribution >= 4 is 0 Å². The molecule has 0 bridgehead atoms. The summed E-state index contributed by atoms with van der Waals surface area (Å²) in [7, 11) is 0. The van der Waals surface area contributed by atoms with E-state index in [1.54, 1.807) is 25.5 Å². The number of aliphatic hydroxyl groups is 1. The molecule has 10 heteroatoms. The Hall–Kier alpha value is -1.61. The zero-order valence-corrected chi connectivity index (χ0v) is 19.5. The molecule has 0 aromatic carbocycles. The van der Waals surface area contributed by atoms with Gasteiger partial charge in [0.1, 0.15) is 0 Å². The molecule has 0 saturated carbocycles. The minimum absolute atomic E-state index is 0. The molecule has 7 N–H and O–H groups in total. The second-order valence-corrected chi connectivity index (χ2v) is 4.89. The SMILES string of the molecule is CCO.NCc1ccccn1.NCc1ccccn1.NCc1ccccn1.[Cl-].[Cl-].[Fe+5]. The molecule has 0 aliphatic rings. The Bertz CT molecular complexity index is 576. The van der Waals surface area contributed by atoms with Gasteiger partial charge in [0.25, 0.3) is 0 Å². The van der Waals surface area contributed by atoms with E-state index in [9.17, 15) is 0 Å². The van der Waals surface area contributed by atoms with Crippen LogP contribution in [0.2, 0.25) is 0 Å². The van der Waals surface area contributed by atoms with Crippen molar-refractivity contribution in [2.24, 2.45) is 17.2 Å². The summed E-state index contributed by atoms with van der Waals surface area (Å²) >= 11 is 0. The van der Waals surface area contributed by atoms with E-state index in [0.29, 0.717) is 19.6 Å². The summed E-state index contributed by atoms with van der Waals surface area (Å²) in [5.74, 6) is 0. The molecule has 3 aromatic rings. The summed E-state index contributed by atoms with van der Waals surface area (Å²) < 4.78 is 0. The number of pyridine rings is 3. The van der Waals surface area contributed by atoms with E-state index in [4.69, 9.17) is 22.3 Å². The van der Waals surface area contributed by atoms with Gasteiger partial charge in [0, 0.05) is 44.8 Å². The molecule has 0 fully saturated rings. The first-order valence-corrected chi connectivity index (χ1v) is 8.62. The van der Waals surface area contributed by atoms with Gasteiger partial charge in [-0.3, -0.25) is 15.0 Å². The molecule has 1 radical (unpaired) electrons. The summed E-state index contributed by atoms with van der Waals surface area (Å²) in [5, 5.41) is 7.57. The Morgan fingerprint density at radius 2 is 0.867 bits per heavy atom. The van der Waals surface area contributed by atoms with Crippen molar-refractivity contribution in [2.45, 2.75) is 26.6 Å². The fourth-order valence-electron chi connectivity index (χ4n) is 1.56. The molecule has 0 atom stereocenters. The number of aliphatic hydroxyl groups excluding tert-OH is 1. The van der Waals surface area contributed by atoms with Crippen molar-refractivity contribution in [3.63, 3.8) is 0 Å². The molecular weight excluding hydrogens is 467 g/mol. The molecule has 3 heterocycles. The van der Waals surface area contributed by atoms with Gasteiger partial charge in [-0.1, -0.05) is 18.2 Å². The number of hydrogen-bond acceptors (Lipinski definition) is 7. The van der Waals surface area contributed by atoms with Gasteiger partial charge < -0.3 is 47.1 Å². The van der Waals surface area contributed by atoms with Gasteiger partial charge in [-0.15, -0.1) is 0 Å². The van der Waals surface area contributed by atoms with Crippen molar-refractivity contribution in [3.8, 4) is 0 Å². The second-order valence-electron chi connectivity index (χ2n) is 4.89. The summed E-state index contributed by atoms with van der Waals surface area (Å²) in [4.78, 5) is 11.9. The van der Waals surface area contributed by atoms with Gasteiger partial charge in [-0.05, 0) is 43.3 Å². The van der Waals surface area contributed by atoms with Gasteiger partial charge in [-0.25, -0.2) is 0 Å². The molecule has 0 spiro atoms. The van der Waals surface area contributed by atoms with Crippen LogP contribution in [-0.2, 0) is 36.7 Å².